The van der Waals surface area contributed by atoms with Gasteiger partial charge in [0.15, 0.2) is 0 Å². The van der Waals surface area contributed by atoms with Crippen molar-refractivity contribution in [3.63, 3.8) is 0 Å². The molecule has 9 heteroatoms. The molecule has 0 spiro atoms. The minimum absolute atomic E-state index is 0.0125. The number of hydrogen-bond acceptors (Lipinski definition) is 6. The third kappa shape index (κ3) is 4.36. The van der Waals surface area contributed by atoms with Crippen LogP contribution < -0.4 is 5.32 Å². The van der Waals surface area contributed by atoms with E-state index in [1.807, 2.05) is 6.92 Å². The van der Waals surface area contributed by atoms with E-state index >= 15 is 0 Å². The van der Waals surface area contributed by atoms with Crippen LogP contribution in [0.3, 0.4) is 0 Å². The van der Waals surface area contributed by atoms with Crippen molar-refractivity contribution in [1.29, 1.82) is 5.26 Å². The summed E-state index contributed by atoms with van der Waals surface area (Å²) < 4.78 is 20.6. The molecular formula is C27H31FN4O3S. The molecule has 1 aliphatic heterocycles. The number of aryl methyl sites for hydroxylation is 1. The average Bonchev–Trinajstić information content (AvgIpc) is 3.17. The van der Waals surface area contributed by atoms with Crippen molar-refractivity contribution in [1.82, 2.24) is 15.2 Å². The molecule has 190 valence electrons. The predicted molar refractivity (Wildman–Crippen MR) is 133 cm³/mol. The highest BCUT2D eigenvalue weighted by Crippen LogP contribution is 2.67. The standard InChI is InChI=1S/C27H31FN4O3S/c1-13-22-18-10-20(23(13)22)32(26(34)35-27(3,4)5)24(18)25(33)31-17(11-29)8-15-6-7-16(9-19(15)28)21-12-30-14(2)36-21/h6-7,9,12-13,17-18,20,22-24H,8,10H2,1-5H3,(H,31,33)/t13?,17-,18?,20?,22?,23?,24?/m0/s1. The number of rotatable bonds is 5. The van der Waals surface area contributed by atoms with E-state index in [-0.39, 0.29) is 24.3 Å². The second-order valence-electron chi connectivity index (χ2n) is 11.3. The summed E-state index contributed by atoms with van der Waals surface area (Å²) in [5.41, 5.74) is 0.396. The quantitative estimate of drug-likeness (QED) is 0.629. The summed E-state index contributed by atoms with van der Waals surface area (Å²) in [6.07, 6.45) is 2.04. The summed E-state index contributed by atoms with van der Waals surface area (Å²) in [5.74, 6) is 0.560. The number of nitrogens with one attached hydrogen (secondary N) is 1. The molecule has 36 heavy (non-hydrogen) atoms. The number of thiazole rings is 1. The Kier molecular flexibility index (Phi) is 6.06. The van der Waals surface area contributed by atoms with Crippen molar-refractivity contribution < 1.29 is 18.7 Å². The lowest BCUT2D eigenvalue weighted by atomic mass is 9.94. The van der Waals surface area contributed by atoms with E-state index in [4.69, 9.17) is 4.74 Å². The van der Waals surface area contributed by atoms with Crippen LogP contribution in [-0.4, -0.2) is 45.6 Å². The Bertz CT molecular complexity index is 1250. The fraction of sp³-hybridized carbons (Fsp3) is 0.556. The lowest BCUT2D eigenvalue weighted by Crippen LogP contribution is -2.56. The summed E-state index contributed by atoms with van der Waals surface area (Å²) in [5, 5.41) is 13.5. The molecule has 1 aromatic carbocycles. The Labute approximate surface area is 214 Å². The number of nitrogens with zero attached hydrogens (tertiary/aromatic N) is 3. The van der Waals surface area contributed by atoms with E-state index < -0.39 is 29.6 Å². The van der Waals surface area contributed by atoms with Crippen LogP contribution in [0.4, 0.5) is 9.18 Å². The maximum Gasteiger partial charge on any atom is 0.411 e. The average molecular weight is 511 g/mol. The fourth-order valence-corrected chi connectivity index (χ4v) is 7.08. The Morgan fingerprint density at radius 1 is 1.36 bits per heavy atom. The highest BCUT2D eigenvalue weighted by molar-refractivity contribution is 7.15. The number of aromatic nitrogens is 1. The minimum atomic E-state index is -0.921. The maximum absolute atomic E-state index is 14.9. The van der Waals surface area contributed by atoms with Crippen molar-refractivity contribution in [2.75, 3.05) is 0 Å². The predicted octanol–water partition coefficient (Wildman–Crippen LogP) is 4.70. The van der Waals surface area contributed by atoms with Gasteiger partial charge < -0.3 is 10.1 Å². The van der Waals surface area contributed by atoms with Gasteiger partial charge >= 0.3 is 6.09 Å². The first-order valence-electron chi connectivity index (χ1n) is 12.4. The zero-order chi connectivity index (χ0) is 25.9. The normalized spacial score (nSPS) is 28.9. The smallest absolute Gasteiger partial charge is 0.411 e. The van der Waals surface area contributed by atoms with Crippen LogP contribution in [0.15, 0.2) is 24.4 Å². The molecule has 7 nitrogen and oxygen atoms in total. The summed E-state index contributed by atoms with van der Waals surface area (Å²) in [6, 6.07) is 5.38. The van der Waals surface area contributed by atoms with Crippen LogP contribution in [0.25, 0.3) is 10.4 Å². The molecule has 2 aromatic rings. The number of carbonyl (C=O) groups excluding carboxylic acids is 2. The zero-order valence-electron chi connectivity index (χ0n) is 21.1. The van der Waals surface area contributed by atoms with E-state index in [1.165, 1.54) is 17.4 Å². The van der Waals surface area contributed by atoms with Gasteiger partial charge in [0, 0.05) is 18.7 Å². The van der Waals surface area contributed by atoms with Crippen LogP contribution in [0.1, 0.15) is 44.7 Å². The number of hydrogen-bond donors (Lipinski definition) is 1. The number of halogens is 1. The molecule has 3 fully saturated rings. The molecule has 3 aliphatic rings. The number of carbonyl (C=O) groups is 2. The molecule has 6 unspecified atom stereocenters. The molecule has 2 amide bonds. The van der Waals surface area contributed by atoms with Crippen LogP contribution in [0.5, 0.6) is 0 Å². The van der Waals surface area contributed by atoms with Gasteiger partial charge in [-0.3, -0.25) is 9.69 Å². The second kappa shape index (κ2) is 8.84. The van der Waals surface area contributed by atoms with Crippen molar-refractivity contribution >= 4 is 23.3 Å². The zero-order valence-corrected chi connectivity index (χ0v) is 21.9. The van der Waals surface area contributed by atoms with Crippen LogP contribution in [0, 0.1) is 47.7 Å². The fourth-order valence-electron chi connectivity index (χ4n) is 6.30. The number of amides is 2. The molecule has 7 atom stereocenters. The molecule has 1 saturated heterocycles. The van der Waals surface area contributed by atoms with Gasteiger partial charge in [-0.25, -0.2) is 14.2 Å². The second-order valence-corrected chi connectivity index (χ2v) is 12.5. The van der Waals surface area contributed by atoms with Gasteiger partial charge in [0.05, 0.1) is 16.0 Å². The third-order valence-electron chi connectivity index (χ3n) is 7.76. The number of nitriles is 1. The highest BCUT2D eigenvalue weighted by Gasteiger charge is 2.71. The van der Waals surface area contributed by atoms with Crippen molar-refractivity contribution in [2.45, 2.75) is 71.2 Å². The van der Waals surface area contributed by atoms with Gasteiger partial charge in [-0.2, -0.15) is 5.26 Å². The van der Waals surface area contributed by atoms with E-state index in [2.05, 4.69) is 23.3 Å². The Hall–Kier alpha value is -2.99. The summed E-state index contributed by atoms with van der Waals surface area (Å²) >= 11 is 1.48. The first kappa shape index (κ1) is 24.7. The summed E-state index contributed by atoms with van der Waals surface area (Å²) in [4.78, 5) is 33.2. The molecular weight excluding hydrogens is 479 g/mol. The van der Waals surface area contributed by atoms with E-state index in [0.717, 1.165) is 21.9 Å². The Balaban J connectivity index is 1.31. The van der Waals surface area contributed by atoms with E-state index in [1.54, 1.807) is 44.0 Å². The number of fused-ring (bicyclic) bond motifs is 5. The lowest BCUT2D eigenvalue weighted by molar-refractivity contribution is -0.128. The van der Waals surface area contributed by atoms with Gasteiger partial charge in [-0.15, -0.1) is 11.3 Å². The van der Waals surface area contributed by atoms with Crippen molar-refractivity contribution in [2.24, 2.45) is 23.7 Å². The Morgan fingerprint density at radius 2 is 2.11 bits per heavy atom. The topological polar surface area (TPSA) is 95.3 Å². The monoisotopic (exact) mass is 510 g/mol. The Morgan fingerprint density at radius 3 is 2.72 bits per heavy atom. The van der Waals surface area contributed by atoms with Crippen molar-refractivity contribution in [3.05, 3.63) is 40.8 Å². The maximum atomic E-state index is 14.9. The van der Waals surface area contributed by atoms with Gasteiger partial charge in [0.2, 0.25) is 5.91 Å². The molecule has 2 heterocycles. The first-order chi connectivity index (χ1) is 17.0. The number of likely N-dealkylation sites (tertiary alicyclic amines) is 1. The number of piperidine rings is 1. The molecule has 5 rings (SSSR count). The largest absolute Gasteiger partial charge is 0.444 e. The molecule has 2 aliphatic carbocycles. The lowest BCUT2D eigenvalue weighted by Gasteiger charge is -2.35. The van der Waals surface area contributed by atoms with Crippen molar-refractivity contribution in [3.8, 4) is 16.5 Å². The van der Waals surface area contributed by atoms with E-state index in [9.17, 15) is 19.2 Å². The van der Waals surface area contributed by atoms with Crippen LogP contribution in [-0.2, 0) is 16.0 Å². The number of benzene rings is 1. The summed E-state index contributed by atoms with van der Waals surface area (Å²) in [7, 11) is 0. The summed E-state index contributed by atoms with van der Waals surface area (Å²) in [6.45, 7) is 9.47. The van der Waals surface area contributed by atoms with Gasteiger partial charge in [0.25, 0.3) is 0 Å². The van der Waals surface area contributed by atoms with Crippen LogP contribution >= 0.6 is 11.3 Å². The minimum Gasteiger partial charge on any atom is -0.444 e. The molecule has 0 radical (unpaired) electrons. The molecule has 2 saturated carbocycles. The molecule has 1 N–H and O–H groups in total. The van der Waals surface area contributed by atoms with Crippen LogP contribution in [0.2, 0.25) is 0 Å². The van der Waals surface area contributed by atoms with E-state index in [0.29, 0.717) is 23.3 Å². The van der Waals surface area contributed by atoms with Gasteiger partial charge in [-0.1, -0.05) is 19.1 Å². The SMILES string of the molecule is Cc1ncc(-c2ccc(C[C@@H](C#N)NC(=O)C3C4CC(C5C(C)C45)N3C(=O)OC(C)(C)C)c(F)c2)s1. The van der Waals surface area contributed by atoms with Gasteiger partial charge in [-0.05, 0) is 75.0 Å². The third-order valence-corrected chi connectivity index (χ3v) is 8.72. The number of ether oxygens (including phenoxy) is 1. The first-order valence-corrected chi connectivity index (χ1v) is 13.2. The molecule has 1 aromatic heterocycles. The molecule has 2 bridgehead atoms. The van der Waals surface area contributed by atoms with Gasteiger partial charge in [0.1, 0.15) is 23.5 Å². The highest BCUT2D eigenvalue weighted by atomic mass is 32.1.